The third-order valence-electron chi connectivity index (χ3n) is 5.26. The van der Waals surface area contributed by atoms with Crippen molar-refractivity contribution in [1.82, 2.24) is 14.9 Å². The minimum absolute atomic E-state index is 0.0291. The van der Waals surface area contributed by atoms with E-state index in [2.05, 4.69) is 15.6 Å². The summed E-state index contributed by atoms with van der Waals surface area (Å²) >= 11 is 0.940. The standard InChI is InChI=1S/C27H24F2N4O6S/c1-27(2,3)39-26(37)32-33-13-18(24-31-30-20(40-24)11-16-9-10-17(28)12-19(16)29)22(34)23(21(33)25(35)36)38-14-15-7-5-4-6-8-15/h4-10,12-13H,11,14H2,1-3H3,(H,32,37)(H,35,36). The molecule has 0 atom stereocenters. The molecule has 0 aliphatic carbocycles. The van der Waals surface area contributed by atoms with E-state index in [0.717, 1.165) is 34.3 Å². The van der Waals surface area contributed by atoms with Crippen LogP contribution in [-0.2, 0) is 17.8 Å². The summed E-state index contributed by atoms with van der Waals surface area (Å²) in [5, 5.41) is 18.4. The summed E-state index contributed by atoms with van der Waals surface area (Å²) in [6.07, 6.45) is 0.0652. The van der Waals surface area contributed by atoms with Crippen LogP contribution in [0.25, 0.3) is 10.6 Å². The van der Waals surface area contributed by atoms with Crippen molar-refractivity contribution >= 4 is 23.4 Å². The van der Waals surface area contributed by atoms with Crippen molar-refractivity contribution in [3.63, 3.8) is 0 Å². The first-order chi connectivity index (χ1) is 18.9. The van der Waals surface area contributed by atoms with Crippen LogP contribution in [0, 0.1) is 11.6 Å². The van der Waals surface area contributed by atoms with Crippen LogP contribution in [0.4, 0.5) is 13.6 Å². The highest BCUT2D eigenvalue weighted by Crippen LogP contribution is 2.27. The topological polar surface area (TPSA) is 133 Å². The van der Waals surface area contributed by atoms with Gasteiger partial charge < -0.3 is 14.6 Å². The molecule has 13 heteroatoms. The average molecular weight is 571 g/mol. The number of rotatable bonds is 8. The molecule has 0 unspecified atom stereocenters. The number of halogens is 2. The van der Waals surface area contributed by atoms with Crippen LogP contribution >= 0.6 is 11.3 Å². The Bertz CT molecular complexity index is 1620. The summed E-state index contributed by atoms with van der Waals surface area (Å²) in [4.78, 5) is 38.3. The van der Waals surface area contributed by atoms with E-state index >= 15 is 0 Å². The first kappa shape index (κ1) is 28.4. The molecule has 0 radical (unpaired) electrons. The monoisotopic (exact) mass is 570 g/mol. The predicted octanol–water partition coefficient (Wildman–Crippen LogP) is 4.99. The highest BCUT2D eigenvalue weighted by molar-refractivity contribution is 7.14. The van der Waals surface area contributed by atoms with E-state index in [1.165, 1.54) is 6.07 Å². The maximum Gasteiger partial charge on any atom is 0.426 e. The zero-order valence-electron chi connectivity index (χ0n) is 21.6. The minimum atomic E-state index is -1.55. The molecule has 1 amide bonds. The van der Waals surface area contributed by atoms with Crippen LogP contribution in [0.1, 0.15) is 47.4 Å². The van der Waals surface area contributed by atoms with Crippen molar-refractivity contribution in [3.8, 4) is 16.3 Å². The second kappa shape index (κ2) is 11.6. The number of hydrogen-bond acceptors (Lipinski definition) is 8. The van der Waals surface area contributed by atoms with Gasteiger partial charge in [-0.05, 0) is 38.0 Å². The second-order valence-corrected chi connectivity index (χ2v) is 10.6. The van der Waals surface area contributed by atoms with Gasteiger partial charge in [0.25, 0.3) is 0 Å². The number of carboxylic acids is 1. The Labute approximate surface area is 230 Å². The molecule has 2 aromatic carbocycles. The number of ether oxygens (including phenoxy) is 2. The van der Waals surface area contributed by atoms with E-state index in [0.29, 0.717) is 10.6 Å². The Morgan fingerprint density at radius 3 is 2.48 bits per heavy atom. The van der Waals surface area contributed by atoms with Crippen molar-refractivity contribution in [3.05, 3.63) is 98.4 Å². The number of aromatic carboxylic acids is 1. The summed E-state index contributed by atoms with van der Waals surface area (Å²) in [7, 11) is 0. The average Bonchev–Trinajstić information content (AvgIpc) is 3.33. The highest BCUT2D eigenvalue weighted by Gasteiger charge is 2.27. The van der Waals surface area contributed by atoms with Gasteiger partial charge in [0.05, 0.1) is 5.56 Å². The maximum absolute atomic E-state index is 14.2. The van der Waals surface area contributed by atoms with E-state index in [4.69, 9.17) is 9.47 Å². The Morgan fingerprint density at radius 2 is 1.82 bits per heavy atom. The van der Waals surface area contributed by atoms with Crippen LogP contribution in [-0.4, -0.2) is 37.6 Å². The van der Waals surface area contributed by atoms with Gasteiger partial charge in [-0.2, -0.15) is 0 Å². The third-order valence-corrected chi connectivity index (χ3v) is 6.21. The quantitative estimate of drug-likeness (QED) is 0.303. The first-order valence-electron chi connectivity index (χ1n) is 11.9. The van der Waals surface area contributed by atoms with Gasteiger partial charge in [0.2, 0.25) is 11.2 Å². The zero-order valence-corrected chi connectivity index (χ0v) is 22.4. The fraction of sp³-hybridized carbons (Fsp3) is 0.222. The minimum Gasteiger partial charge on any atom is -0.482 e. The number of carbonyl (C=O) groups excluding carboxylic acids is 1. The van der Waals surface area contributed by atoms with Gasteiger partial charge in [0.15, 0.2) is 10.7 Å². The van der Waals surface area contributed by atoms with E-state index in [-0.39, 0.29) is 29.2 Å². The normalized spacial score (nSPS) is 11.2. The molecule has 2 N–H and O–H groups in total. The lowest BCUT2D eigenvalue weighted by molar-refractivity contribution is 0.0608. The fourth-order valence-corrected chi connectivity index (χ4v) is 4.43. The Balaban J connectivity index is 1.77. The molecular formula is C27H24F2N4O6S. The molecule has 4 aromatic rings. The van der Waals surface area contributed by atoms with Gasteiger partial charge in [-0.1, -0.05) is 47.7 Å². The lowest BCUT2D eigenvalue weighted by Gasteiger charge is -2.22. The molecule has 0 fully saturated rings. The molecule has 0 aliphatic rings. The highest BCUT2D eigenvalue weighted by atomic mass is 32.1. The molecule has 0 aliphatic heterocycles. The summed E-state index contributed by atoms with van der Waals surface area (Å²) < 4.78 is 39.2. The van der Waals surface area contributed by atoms with Gasteiger partial charge in [-0.25, -0.2) is 28.5 Å². The molecule has 0 saturated carbocycles. The SMILES string of the molecule is CC(C)(C)OC(=O)Nn1cc(-c2nnc(Cc3ccc(F)cc3F)s2)c(=O)c(OCc2ccccc2)c1C(=O)O. The van der Waals surface area contributed by atoms with E-state index in [1.807, 2.05) is 0 Å². The Kier molecular flexibility index (Phi) is 8.24. The number of pyridine rings is 1. The predicted molar refractivity (Wildman–Crippen MR) is 142 cm³/mol. The van der Waals surface area contributed by atoms with Crippen molar-refractivity contribution in [2.24, 2.45) is 0 Å². The number of hydrogen-bond donors (Lipinski definition) is 2. The van der Waals surface area contributed by atoms with Crippen LogP contribution < -0.4 is 15.6 Å². The third kappa shape index (κ3) is 6.86. The number of carboxylic acid groups (broad SMARTS) is 1. The van der Waals surface area contributed by atoms with Crippen LogP contribution in [0.15, 0.2) is 59.5 Å². The van der Waals surface area contributed by atoms with Gasteiger partial charge >= 0.3 is 12.1 Å². The van der Waals surface area contributed by atoms with Crippen LogP contribution in [0.5, 0.6) is 5.75 Å². The smallest absolute Gasteiger partial charge is 0.426 e. The molecule has 4 rings (SSSR count). The molecule has 2 heterocycles. The fourth-order valence-electron chi connectivity index (χ4n) is 3.56. The molecule has 0 bridgehead atoms. The van der Waals surface area contributed by atoms with E-state index < -0.39 is 46.2 Å². The van der Waals surface area contributed by atoms with Gasteiger partial charge in [-0.3, -0.25) is 4.79 Å². The lowest BCUT2D eigenvalue weighted by Crippen LogP contribution is -2.35. The molecule has 208 valence electrons. The van der Waals surface area contributed by atoms with Crippen molar-refractivity contribution in [2.45, 2.75) is 39.4 Å². The van der Waals surface area contributed by atoms with E-state index in [9.17, 15) is 28.3 Å². The summed E-state index contributed by atoms with van der Waals surface area (Å²) in [5.41, 5.74) is 0.653. The number of carbonyl (C=O) groups is 2. The van der Waals surface area contributed by atoms with Gasteiger partial charge in [0.1, 0.15) is 28.8 Å². The van der Waals surface area contributed by atoms with Crippen molar-refractivity contribution < 1.29 is 33.0 Å². The molecular weight excluding hydrogens is 546 g/mol. The second-order valence-electron chi connectivity index (χ2n) is 9.53. The van der Waals surface area contributed by atoms with Gasteiger partial charge in [0, 0.05) is 18.7 Å². The largest absolute Gasteiger partial charge is 0.482 e. The molecule has 0 saturated heterocycles. The first-order valence-corrected chi connectivity index (χ1v) is 12.7. The Morgan fingerprint density at radius 1 is 1.10 bits per heavy atom. The number of benzene rings is 2. The molecule has 10 nitrogen and oxygen atoms in total. The number of amides is 1. The molecule has 0 spiro atoms. The number of nitrogens with zero attached hydrogens (tertiary/aromatic N) is 3. The van der Waals surface area contributed by atoms with Gasteiger partial charge in [-0.15, -0.1) is 10.2 Å². The van der Waals surface area contributed by atoms with Crippen LogP contribution in [0.3, 0.4) is 0 Å². The molecule has 2 aromatic heterocycles. The Hall–Kier alpha value is -4.65. The number of aromatic nitrogens is 3. The number of nitrogens with one attached hydrogen (secondary N) is 1. The summed E-state index contributed by atoms with van der Waals surface area (Å²) in [5.74, 6) is -3.58. The summed E-state index contributed by atoms with van der Waals surface area (Å²) in [6, 6.07) is 11.9. The summed E-state index contributed by atoms with van der Waals surface area (Å²) in [6.45, 7) is 4.74. The van der Waals surface area contributed by atoms with Crippen molar-refractivity contribution in [2.75, 3.05) is 5.43 Å². The zero-order chi connectivity index (χ0) is 29.0. The molecule has 40 heavy (non-hydrogen) atoms. The maximum atomic E-state index is 14.2. The van der Waals surface area contributed by atoms with Crippen molar-refractivity contribution in [1.29, 1.82) is 0 Å². The van der Waals surface area contributed by atoms with E-state index in [1.54, 1.807) is 51.1 Å². The lowest BCUT2D eigenvalue weighted by atomic mass is 10.1. The van der Waals surface area contributed by atoms with Crippen LogP contribution in [0.2, 0.25) is 0 Å².